The van der Waals surface area contributed by atoms with E-state index in [0.717, 1.165) is 22.8 Å². The van der Waals surface area contributed by atoms with E-state index >= 15 is 0 Å². The SMILES string of the molecule is Cc1cccc(/C=N/NC(=O)CCc2ccc3c(c2)OCO3)n1. The number of benzene rings is 1. The molecule has 23 heavy (non-hydrogen) atoms. The van der Waals surface area contributed by atoms with E-state index in [4.69, 9.17) is 9.47 Å². The van der Waals surface area contributed by atoms with Gasteiger partial charge < -0.3 is 9.47 Å². The van der Waals surface area contributed by atoms with Crippen molar-refractivity contribution in [2.45, 2.75) is 19.8 Å². The summed E-state index contributed by atoms with van der Waals surface area (Å²) >= 11 is 0. The number of hydrogen-bond acceptors (Lipinski definition) is 5. The number of hydrazone groups is 1. The first-order chi connectivity index (χ1) is 11.2. The van der Waals surface area contributed by atoms with Crippen LogP contribution in [0.3, 0.4) is 0 Å². The molecule has 3 rings (SSSR count). The minimum Gasteiger partial charge on any atom is -0.454 e. The van der Waals surface area contributed by atoms with Crippen LogP contribution in [-0.4, -0.2) is 23.9 Å². The van der Waals surface area contributed by atoms with Gasteiger partial charge in [-0.25, -0.2) is 5.43 Å². The van der Waals surface area contributed by atoms with E-state index in [2.05, 4.69) is 15.5 Å². The van der Waals surface area contributed by atoms with Crippen molar-refractivity contribution in [2.75, 3.05) is 6.79 Å². The average molecular weight is 311 g/mol. The molecule has 1 aliphatic heterocycles. The lowest BCUT2D eigenvalue weighted by Crippen LogP contribution is -2.18. The van der Waals surface area contributed by atoms with Crippen LogP contribution in [0.2, 0.25) is 0 Å². The molecule has 0 saturated carbocycles. The molecule has 0 atom stereocenters. The molecular weight excluding hydrogens is 294 g/mol. The van der Waals surface area contributed by atoms with Crippen molar-refractivity contribution in [3.63, 3.8) is 0 Å². The Balaban J connectivity index is 1.48. The fraction of sp³-hybridized carbons (Fsp3) is 0.235. The second kappa shape index (κ2) is 6.91. The molecule has 118 valence electrons. The maximum Gasteiger partial charge on any atom is 0.240 e. The highest BCUT2D eigenvalue weighted by atomic mass is 16.7. The van der Waals surface area contributed by atoms with Crippen LogP contribution in [0.1, 0.15) is 23.4 Å². The first kappa shape index (κ1) is 15.0. The zero-order valence-electron chi connectivity index (χ0n) is 12.8. The van der Waals surface area contributed by atoms with E-state index < -0.39 is 0 Å². The summed E-state index contributed by atoms with van der Waals surface area (Å²) in [4.78, 5) is 16.1. The molecule has 0 fully saturated rings. The van der Waals surface area contributed by atoms with Gasteiger partial charge in [0.15, 0.2) is 11.5 Å². The Kier molecular flexibility index (Phi) is 4.52. The van der Waals surface area contributed by atoms with Crippen LogP contribution in [-0.2, 0) is 11.2 Å². The summed E-state index contributed by atoms with van der Waals surface area (Å²) in [6.07, 6.45) is 2.49. The van der Waals surface area contributed by atoms with E-state index in [9.17, 15) is 4.79 Å². The molecule has 0 radical (unpaired) electrons. The zero-order valence-corrected chi connectivity index (χ0v) is 12.8. The van der Waals surface area contributed by atoms with Gasteiger partial charge >= 0.3 is 0 Å². The van der Waals surface area contributed by atoms with Crippen LogP contribution < -0.4 is 14.9 Å². The molecular formula is C17H17N3O3. The Morgan fingerprint density at radius 2 is 2.17 bits per heavy atom. The zero-order chi connectivity index (χ0) is 16.1. The molecule has 1 N–H and O–H groups in total. The second-order valence-electron chi connectivity index (χ2n) is 5.18. The lowest BCUT2D eigenvalue weighted by molar-refractivity contribution is -0.121. The summed E-state index contributed by atoms with van der Waals surface area (Å²) in [6, 6.07) is 11.3. The summed E-state index contributed by atoms with van der Waals surface area (Å²) in [5, 5.41) is 3.92. The minimum absolute atomic E-state index is 0.147. The van der Waals surface area contributed by atoms with E-state index in [-0.39, 0.29) is 12.7 Å². The normalized spacial score (nSPS) is 12.6. The number of rotatable bonds is 5. The van der Waals surface area contributed by atoms with Crippen molar-refractivity contribution >= 4 is 12.1 Å². The van der Waals surface area contributed by atoms with Gasteiger partial charge in [-0.05, 0) is 43.2 Å². The Bertz CT molecular complexity index is 744. The number of nitrogens with zero attached hydrogens (tertiary/aromatic N) is 2. The Morgan fingerprint density at radius 1 is 1.30 bits per heavy atom. The van der Waals surface area contributed by atoms with E-state index in [1.807, 2.05) is 43.3 Å². The topological polar surface area (TPSA) is 72.8 Å². The maximum atomic E-state index is 11.8. The lowest BCUT2D eigenvalue weighted by Gasteiger charge is -2.02. The van der Waals surface area contributed by atoms with Crippen molar-refractivity contribution in [1.29, 1.82) is 0 Å². The highest BCUT2D eigenvalue weighted by Crippen LogP contribution is 2.32. The number of aryl methyl sites for hydroxylation is 2. The number of pyridine rings is 1. The standard InChI is InChI=1S/C17H17N3O3/c1-12-3-2-4-14(19-12)10-18-20-17(21)8-6-13-5-7-15-16(9-13)23-11-22-15/h2-5,7,9-10H,6,8,11H2,1H3,(H,20,21)/b18-10+. The molecule has 0 bridgehead atoms. The number of nitrogens with one attached hydrogen (secondary N) is 1. The fourth-order valence-electron chi connectivity index (χ4n) is 2.22. The van der Waals surface area contributed by atoms with Crippen LogP contribution in [0.25, 0.3) is 0 Å². The van der Waals surface area contributed by atoms with Gasteiger partial charge in [-0.2, -0.15) is 5.10 Å². The summed E-state index contributed by atoms with van der Waals surface area (Å²) in [5.41, 5.74) is 5.14. The monoisotopic (exact) mass is 311 g/mol. The van der Waals surface area contributed by atoms with Crippen molar-refractivity contribution in [3.8, 4) is 11.5 Å². The quantitative estimate of drug-likeness (QED) is 0.678. The molecule has 2 heterocycles. The van der Waals surface area contributed by atoms with Crippen molar-refractivity contribution in [3.05, 3.63) is 53.3 Å². The Hall–Kier alpha value is -2.89. The molecule has 1 aromatic carbocycles. The first-order valence-corrected chi connectivity index (χ1v) is 7.35. The third kappa shape index (κ3) is 4.06. The van der Waals surface area contributed by atoms with Gasteiger partial charge in [0, 0.05) is 12.1 Å². The van der Waals surface area contributed by atoms with Gasteiger partial charge in [0.05, 0.1) is 11.9 Å². The Labute approximate surface area is 134 Å². The minimum atomic E-state index is -0.147. The molecule has 1 aromatic heterocycles. The number of carbonyl (C=O) groups excluding carboxylic acids is 1. The van der Waals surface area contributed by atoms with Crippen LogP contribution in [0.5, 0.6) is 11.5 Å². The van der Waals surface area contributed by atoms with Gasteiger partial charge in [0.1, 0.15) is 0 Å². The van der Waals surface area contributed by atoms with E-state index in [1.165, 1.54) is 6.21 Å². The molecule has 1 aliphatic rings. The third-order valence-electron chi connectivity index (χ3n) is 3.37. The van der Waals surface area contributed by atoms with E-state index in [1.54, 1.807) is 0 Å². The Morgan fingerprint density at radius 3 is 3.04 bits per heavy atom. The predicted octanol–water partition coefficient (Wildman–Crippen LogP) is 2.20. The molecule has 6 nitrogen and oxygen atoms in total. The molecule has 0 saturated heterocycles. The number of carbonyl (C=O) groups is 1. The van der Waals surface area contributed by atoms with Crippen molar-refractivity contribution < 1.29 is 14.3 Å². The molecule has 1 amide bonds. The second-order valence-corrected chi connectivity index (χ2v) is 5.18. The van der Waals surface area contributed by atoms with Crippen LogP contribution >= 0.6 is 0 Å². The maximum absolute atomic E-state index is 11.8. The number of amides is 1. The fourth-order valence-corrected chi connectivity index (χ4v) is 2.22. The van der Waals surface area contributed by atoms with Crippen LogP contribution in [0, 0.1) is 6.92 Å². The molecule has 6 heteroatoms. The first-order valence-electron chi connectivity index (χ1n) is 7.35. The summed E-state index contributed by atoms with van der Waals surface area (Å²) in [7, 11) is 0. The molecule has 0 aliphatic carbocycles. The summed E-state index contributed by atoms with van der Waals surface area (Å²) in [6.45, 7) is 2.16. The summed E-state index contributed by atoms with van der Waals surface area (Å²) in [5.74, 6) is 1.33. The number of ether oxygens (including phenoxy) is 2. The predicted molar refractivity (Wildman–Crippen MR) is 85.6 cm³/mol. The lowest BCUT2D eigenvalue weighted by atomic mass is 10.1. The van der Waals surface area contributed by atoms with Crippen LogP contribution in [0.15, 0.2) is 41.5 Å². The van der Waals surface area contributed by atoms with Crippen molar-refractivity contribution in [2.24, 2.45) is 5.10 Å². The van der Waals surface area contributed by atoms with Gasteiger partial charge in [0.25, 0.3) is 0 Å². The number of hydrogen-bond donors (Lipinski definition) is 1. The molecule has 0 unspecified atom stereocenters. The molecule has 0 spiro atoms. The highest BCUT2D eigenvalue weighted by molar-refractivity contribution is 5.80. The van der Waals surface area contributed by atoms with Gasteiger partial charge in [0.2, 0.25) is 12.7 Å². The van der Waals surface area contributed by atoms with Crippen molar-refractivity contribution in [1.82, 2.24) is 10.4 Å². The van der Waals surface area contributed by atoms with E-state index in [0.29, 0.717) is 18.5 Å². The van der Waals surface area contributed by atoms with Gasteiger partial charge in [-0.3, -0.25) is 9.78 Å². The highest BCUT2D eigenvalue weighted by Gasteiger charge is 2.13. The average Bonchev–Trinajstić information content (AvgIpc) is 3.00. The smallest absolute Gasteiger partial charge is 0.240 e. The summed E-state index contributed by atoms with van der Waals surface area (Å²) < 4.78 is 10.6. The third-order valence-corrected chi connectivity index (χ3v) is 3.37. The van der Waals surface area contributed by atoms with Gasteiger partial charge in [-0.1, -0.05) is 12.1 Å². The molecule has 2 aromatic rings. The number of aromatic nitrogens is 1. The number of fused-ring (bicyclic) bond motifs is 1. The largest absolute Gasteiger partial charge is 0.454 e. The van der Waals surface area contributed by atoms with Crippen LogP contribution in [0.4, 0.5) is 0 Å². The van der Waals surface area contributed by atoms with Gasteiger partial charge in [-0.15, -0.1) is 0 Å².